The van der Waals surface area contributed by atoms with Gasteiger partial charge in [-0.3, -0.25) is 14.4 Å². The normalized spacial score (nSPS) is 13.9. The molecule has 1 aliphatic rings. The van der Waals surface area contributed by atoms with E-state index in [0.29, 0.717) is 19.7 Å². The van der Waals surface area contributed by atoms with E-state index in [1.54, 1.807) is 23.2 Å². The van der Waals surface area contributed by atoms with E-state index in [2.05, 4.69) is 19.1 Å². The molecule has 7 heteroatoms. The van der Waals surface area contributed by atoms with Crippen LogP contribution in [0.5, 0.6) is 0 Å². The van der Waals surface area contributed by atoms with Crippen LogP contribution < -0.4 is 0 Å². The molecule has 0 saturated heterocycles. The van der Waals surface area contributed by atoms with Gasteiger partial charge in [0.15, 0.2) is 0 Å². The number of rotatable bonds is 11. The highest BCUT2D eigenvalue weighted by Crippen LogP contribution is 2.24. The van der Waals surface area contributed by atoms with Crippen LogP contribution in [0.1, 0.15) is 67.2 Å². The fourth-order valence-electron chi connectivity index (χ4n) is 4.44. The molecule has 34 heavy (non-hydrogen) atoms. The Kier molecular flexibility index (Phi) is 10.1. The average molecular weight is 485 g/mol. The molecule has 1 aromatic heterocycles. The van der Waals surface area contributed by atoms with Crippen LogP contribution in [0.3, 0.4) is 0 Å². The van der Waals surface area contributed by atoms with E-state index < -0.39 is 0 Å². The number of carbonyl (C=O) groups excluding carboxylic acids is 3. The average Bonchev–Trinajstić information content (AvgIpc) is 3.26. The molecular formula is C27H36N2O4S. The Hall–Kier alpha value is -2.67. The molecule has 1 aliphatic carbocycles. The number of esters is 1. The second-order valence-corrected chi connectivity index (χ2v) is 10.2. The molecule has 0 atom stereocenters. The first-order valence-corrected chi connectivity index (χ1v) is 13.1. The summed E-state index contributed by atoms with van der Waals surface area (Å²) in [5.41, 5.74) is 1.06. The summed E-state index contributed by atoms with van der Waals surface area (Å²) in [6, 6.07) is 14.1. The van der Waals surface area contributed by atoms with Crippen molar-refractivity contribution < 1.29 is 19.1 Å². The van der Waals surface area contributed by atoms with E-state index in [0.717, 1.165) is 42.5 Å². The predicted molar refractivity (Wildman–Crippen MR) is 134 cm³/mol. The van der Waals surface area contributed by atoms with E-state index in [1.165, 1.54) is 4.88 Å². The lowest BCUT2D eigenvalue weighted by Crippen LogP contribution is -2.48. The van der Waals surface area contributed by atoms with Crippen LogP contribution in [0.4, 0.5) is 0 Å². The van der Waals surface area contributed by atoms with Crippen molar-refractivity contribution in [3.63, 3.8) is 0 Å². The molecule has 1 saturated carbocycles. The Labute approximate surface area is 206 Å². The van der Waals surface area contributed by atoms with Crippen molar-refractivity contribution in [2.24, 2.45) is 0 Å². The van der Waals surface area contributed by atoms with E-state index in [1.807, 2.05) is 35.2 Å². The summed E-state index contributed by atoms with van der Waals surface area (Å²) in [5, 5.41) is 0. The highest BCUT2D eigenvalue weighted by atomic mass is 32.1. The molecular weight excluding hydrogens is 448 g/mol. The maximum absolute atomic E-state index is 13.6. The predicted octanol–water partition coefficient (Wildman–Crippen LogP) is 5.09. The van der Waals surface area contributed by atoms with Crippen molar-refractivity contribution in [1.82, 2.24) is 9.80 Å². The topological polar surface area (TPSA) is 66.9 Å². The Balaban J connectivity index is 1.75. The molecule has 1 heterocycles. The van der Waals surface area contributed by atoms with Gasteiger partial charge in [-0.25, -0.2) is 0 Å². The summed E-state index contributed by atoms with van der Waals surface area (Å²) in [7, 11) is 0. The van der Waals surface area contributed by atoms with Crippen LogP contribution in [0.2, 0.25) is 0 Å². The molecule has 1 fully saturated rings. The van der Waals surface area contributed by atoms with Gasteiger partial charge >= 0.3 is 5.97 Å². The number of nitrogens with zero attached hydrogens (tertiary/aromatic N) is 2. The van der Waals surface area contributed by atoms with Crippen LogP contribution in [0.15, 0.2) is 42.5 Å². The smallest absolute Gasteiger partial charge is 0.306 e. The minimum Gasteiger partial charge on any atom is -0.466 e. The van der Waals surface area contributed by atoms with Gasteiger partial charge < -0.3 is 14.5 Å². The molecule has 0 N–H and O–H groups in total. The minimum absolute atomic E-state index is 0.0452. The summed E-state index contributed by atoms with van der Waals surface area (Å²) in [6.45, 7) is 5.17. The van der Waals surface area contributed by atoms with Gasteiger partial charge in [0.2, 0.25) is 11.8 Å². The lowest BCUT2D eigenvalue weighted by molar-refractivity contribution is -0.148. The molecule has 0 unspecified atom stereocenters. The van der Waals surface area contributed by atoms with Gasteiger partial charge in [-0.1, -0.05) is 49.6 Å². The van der Waals surface area contributed by atoms with Crippen LogP contribution in [0.25, 0.3) is 0 Å². The van der Waals surface area contributed by atoms with Gasteiger partial charge in [-0.15, -0.1) is 11.3 Å². The molecule has 3 rings (SSSR count). The molecule has 184 valence electrons. The number of amides is 2. The Bertz CT molecular complexity index is 937. The Morgan fingerprint density at radius 2 is 1.68 bits per heavy atom. The largest absolute Gasteiger partial charge is 0.466 e. The SMILES string of the molecule is CCOC(=O)CCC(=O)N(CC(=O)N(Cc1ccccc1)Cc1ccc(C)s1)C1CCCCC1. The molecule has 2 amide bonds. The summed E-state index contributed by atoms with van der Waals surface area (Å²) in [4.78, 5) is 44.5. The Morgan fingerprint density at radius 1 is 0.941 bits per heavy atom. The molecule has 0 radical (unpaired) electrons. The molecule has 6 nitrogen and oxygen atoms in total. The number of ether oxygens (including phenoxy) is 1. The number of thiophene rings is 1. The van der Waals surface area contributed by atoms with Crippen molar-refractivity contribution in [3.8, 4) is 0 Å². The summed E-state index contributed by atoms with van der Waals surface area (Å²) >= 11 is 1.69. The van der Waals surface area contributed by atoms with Crippen LogP contribution in [-0.2, 0) is 32.2 Å². The van der Waals surface area contributed by atoms with Gasteiger partial charge in [0.05, 0.1) is 19.6 Å². The lowest BCUT2D eigenvalue weighted by atomic mass is 9.93. The van der Waals surface area contributed by atoms with Crippen molar-refractivity contribution in [1.29, 1.82) is 0 Å². The maximum Gasteiger partial charge on any atom is 0.306 e. The van der Waals surface area contributed by atoms with E-state index in [-0.39, 0.29) is 43.2 Å². The monoisotopic (exact) mass is 484 g/mol. The van der Waals surface area contributed by atoms with E-state index >= 15 is 0 Å². The first kappa shape index (κ1) is 25.9. The second kappa shape index (κ2) is 13.3. The first-order valence-electron chi connectivity index (χ1n) is 12.3. The molecule has 2 aromatic rings. The first-order chi connectivity index (χ1) is 16.5. The van der Waals surface area contributed by atoms with Crippen LogP contribution in [0, 0.1) is 6.92 Å². The van der Waals surface area contributed by atoms with Gasteiger partial charge in [0.25, 0.3) is 0 Å². The molecule has 0 spiro atoms. The van der Waals surface area contributed by atoms with Crippen LogP contribution >= 0.6 is 11.3 Å². The Morgan fingerprint density at radius 3 is 2.32 bits per heavy atom. The van der Waals surface area contributed by atoms with Crippen molar-refractivity contribution >= 4 is 29.1 Å². The van der Waals surface area contributed by atoms with Crippen molar-refractivity contribution in [2.75, 3.05) is 13.2 Å². The van der Waals surface area contributed by atoms with E-state index in [9.17, 15) is 14.4 Å². The molecule has 0 bridgehead atoms. The summed E-state index contributed by atoms with van der Waals surface area (Å²) in [6.07, 6.45) is 5.21. The third kappa shape index (κ3) is 7.97. The van der Waals surface area contributed by atoms with Crippen LogP contribution in [-0.4, -0.2) is 46.8 Å². The molecule has 1 aromatic carbocycles. The highest BCUT2D eigenvalue weighted by Gasteiger charge is 2.29. The zero-order valence-corrected chi connectivity index (χ0v) is 21.1. The third-order valence-electron chi connectivity index (χ3n) is 6.20. The maximum atomic E-state index is 13.6. The number of hydrogen-bond donors (Lipinski definition) is 0. The molecule has 0 aliphatic heterocycles. The number of benzene rings is 1. The fraction of sp³-hybridized carbons (Fsp3) is 0.519. The van der Waals surface area contributed by atoms with Crippen molar-refractivity contribution in [2.45, 2.75) is 77.9 Å². The number of hydrogen-bond acceptors (Lipinski definition) is 5. The van der Waals surface area contributed by atoms with E-state index in [4.69, 9.17) is 4.74 Å². The standard InChI is InChI=1S/C27H36N2O4S/c1-3-33-27(32)17-16-25(30)29(23-12-8-5-9-13-23)20-26(31)28(18-22-10-6-4-7-11-22)19-24-15-14-21(2)34-24/h4,6-7,10-11,14-15,23H,3,5,8-9,12-13,16-20H2,1-2H3. The zero-order chi connectivity index (χ0) is 24.3. The zero-order valence-electron chi connectivity index (χ0n) is 20.3. The number of aryl methyl sites for hydroxylation is 1. The lowest BCUT2D eigenvalue weighted by Gasteiger charge is -2.35. The fourth-order valence-corrected chi connectivity index (χ4v) is 5.35. The quantitative estimate of drug-likeness (QED) is 0.417. The van der Waals surface area contributed by atoms with Gasteiger partial charge in [0.1, 0.15) is 6.54 Å². The van der Waals surface area contributed by atoms with Gasteiger partial charge in [-0.05, 0) is 44.4 Å². The van der Waals surface area contributed by atoms with Gasteiger partial charge in [0, 0.05) is 28.8 Å². The summed E-state index contributed by atoms with van der Waals surface area (Å²) < 4.78 is 4.99. The highest BCUT2D eigenvalue weighted by molar-refractivity contribution is 7.11. The minimum atomic E-state index is -0.371. The second-order valence-electron chi connectivity index (χ2n) is 8.87. The number of carbonyl (C=O) groups is 3. The van der Waals surface area contributed by atoms with Crippen molar-refractivity contribution in [3.05, 3.63) is 57.8 Å². The third-order valence-corrected chi connectivity index (χ3v) is 7.19. The summed E-state index contributed by atoms with van der Waals surface area (Å²) in [5.74, 6) is -0.575. The van der Waals surface area contributed by atoms with Gasteiger partial charge in [-0.2, -0.15) is 0 Å².